The molecule has 0 radical (unpaired) electrons. The highest BCUT2D eigenvalue weighted by molar-refractivity contribution is 6.42. The van der Waals surface area contributed by atoms with Crippen molar-refractivity contribution in [3.63, 3.8) is 0 Å². The molecule has 2 heterocycles. The van der Waals surface area contributed by atoms with Gasteiger partial charge in [-0.1, -0.05) is 29.3 Å². The Morgan fingerprint density at radius 3 is 2.80 bits per heavy atom. The maximum atomic E-state index is 6.02. The normalized spacial score (nSPS) is 12.6. The number of hydrogen-bond donors (Lipinski definition) is 1. The first-order chi connectivity index (χ1) is 9.63. The predicted molar refractivity (Wildman–Crippen MR) is 77.1 cm³/mol. The largest absolute Gasteiger partial charge is 0.362 e. The molecule has 1 unspecified atom stereocenters. The fraction of sp³-hybridized carbons (Fsp3) is 0.167. The lowest BCUT2D eigenvalue weighted by atomic mass is 10.1. The number of rotatable bonds is 3. The lowest BCUT2D eigenvalue weighted by Gasteiger charge is -2.15. The molecule has 2 aromatic heterocycles. The number of nitrogens with one attached hydrogen (secondary N) is 1. The van der Waals surface area contributed by atoms with E-state index in [1.807, 2.05) is 25.1 Å². The van der Waals surface area contributed by atoms with Crippen LogP contribution in [0.5, 0.6) is 0 Å². The Balaban J connectivity index is 1.83. The maximum Gasteiger partial charge on any atom is 0.200 e. The summed E-state index contributed by atoms with van der Waals surface area (Å²) in [6, 6.07) is 9.15. The average Bonchev–Trinajstić information content (AvgIpc) is 2.89. The van der Waals surface area contributed by atoms with Gasteiger partial charge in [-0.2, -0.15) is 0 Å². The molecule has 1 N–H and O–H groups in total. The van der Waals surface area contributed by atoms with E-state index in [4.69, 9.17) is 23.2 Å². The summed E-state index contributed by atoms with van der Waals surface area (Å²) in [5.74, 6) is 0.670. The Hall–Kier alpha value is -1.92. The Morgan fingerprint density at radius 1 is 1.15 bits per heavy atom. The monoisotopic (exact) mass is 308 g/mol. The number of fused-ring (bicyclic) bond motifs is 1. The van der Waals surface area contributed by atoms with E-state index in [1.165, 1.54) is 4.63 Å². The van der Waals surface area contributed by atoms with Crippen LogP contribution in [0.2, 0.25) is 10.0 Å². The second kappa shape index (κ2) is 5.22. The number of nitrogens with zero attached hydrogens (tertiary/aromatic N) is 5. The summed E-state index contributed by atoms with van der Waals surface area (Å²) >= 11 is 11.9. The molecule has 6 nitrogen and oxygen atoms in total. The van der Waals surface area contributed by atoms with Gasteiger partial charge >= 0.3 is 0 Å². The minimum absolute atomic E-state index is 0.0196. The van der Waals surface area contributed by atoms with Crippen LogP contribution in [0.4, 0.5) is 5.82 Å². The molecular weight excluding hydrogens is 299 g/mol. The van der Waals surface area contributed by atoms with E-state index in [2.05, 4.69) is 25.9 Å². The summed E-state index contributed by atoms with van der Waals surface area (Å²) in [4.78, 5) is 0. The van der Waals surface area contributed by atoms with Crippen molar-refractivity contribution >= 4 is 34.7 Å². The van der Waals surface area contributed by atoms with Gasteiger partial charge in [0, 0.05) is 0 Å². The zero-order chi connectivity index (χ0) is 14.1. The van der Waals surface area contributed by atoms with Crippen LogP contribution in [0.25, 0.3) is 5.65 Å². The second-order valence-electron chi connectivity index (χ2n) is 4.28. The van der Waals surface area contributed by atoms with Gasteiger partial charge in [-0.25, -0.2) is 0 Å². The smallest absolute Gasteiger partial charge is 0.200 e. The molecule has 0 saturated carbocycles. The van der Waals surface area contributed by atoms with Gasteiger partial charge in [0.25, 0.3) is 0 Å². The fourth-order valence-corrected chi connectivity index (χ4v) is 2.12. The predicted octanol–water partition coefficient (Wildman–Crippen LogP) is 3.00. The number of halogens is 2. The van der Waals surface area contributed by atoms with E-state index < -0.39 is 0 Å². The van der Waals surface area contributed by atoms with Gasteiger partial charge in [0.1, 0.15) is 5.82 Å². The first kappa shape index (κ1) is 13.1. The van der Waals surface area contributed by atoms with E-state index >= 15 is 0 Å². The van der Waals surface area contributed by atoms with Crippen molar-refractivity contribution in [3.8, 4) is 0 Å². The van der Waals surface area contributed by atoms with Gasteiger partial charge in [-0.05, 0) is 47.2 Å². The third-order valence-electron chi connectivity index (χ3n) is 2.88. The standard InChI is InChI=1S/C12H10Cl2N6/c1-7(8-2-3-9(13)10(14)6-8)15-11-4-5-12-16-18-19-20(12)17-11/h2-7H,1H3,(H,15,17). The third-order valence-corrected chi connectivity index (χ3v) is 3.62. The quantitative estimate of drug-likeness (QED) is 0.805. The van der Waals surface area contributed by atoms with Crippen LogP contribution in [0.15, 0.2) is 30.3 Å². The number of aromatic nitrogens is 5. The topological polar surface area (TPSA) is 68.0 Å². The third kappa shape index (κ3) is 2.52. The Bertz CT molecular complexity index is 757. The molecule has 0 aliphatic carbocycles. The Morgan fingerprint density at radius 2 is 2.00 bits per heavy atom. The molecule has 3 aromatic rings. The summed E-state index contributed by atoms with van der Waals surface area (Å²) in [6.45, 7) is 2.00. The minimum atomic E-state index is 0.0196. The van der Waals surface area contributed by atoms with Crippen LogP contribution >= 0.6 is 23.2 Å². The average molecular weight is 309 g/mol. The summed E-state index contributed by atoms with van der Waals surface area (Å²) in [5.41, 5.74) is 1.61. The van der Waals surface area contributed by atoms with Crippen molar-refractivity contribution in [1.29, 1.82) is 0 Å². The molecule has 0 saturated heterocycles. The van der Waals surface area contributed by atoms with Crippen LogP contribution < -0.4 is 5.32 Å². The highest BCUT2D eigenvalue weighted by atomic mass is 35.5. The van der Waals surface area contributed by atoms with Crippen molar-refractivity contribution in [2.75, 3.05) is 5.32 Å². The SMILES string of the molecule is CC(Nc1ccc2nnnn2n1)c1ccc(Cl)c(Cl)c1. The molecule has 1 aromatic carbocycles. The molecular formula is C12H10Cl2N6. The summed E-state index contributed by atoms with van der Waals surface area (Å²) < 4.78 is 1.36. The van der Waals surface area contributed by atoms with Crippen LogP contribution in [-0.4, -0.2) is 25.3 Å². The first-order valence-corrected chi connectivity index (χ1v) is 6.66. The van der Waals surface area contributed by atoms with Crippen LogP contribution in [0.3, 0.4) is 0 Å². The molecule has 0 amide bonds. The van der Waals surface area contributed by atoms with Crippen molar-refractivity contribution in [3.05, 3.63) is 45.9 Å². The van der Waals surface area contributed by atoms with E-state index in [0.717, 1.165) is 5.56 Å². The number of benzene rings is 1. The highest BCUT2D eigenvalue weighted by Gasteiger charge is 2.09. The van der Waals surface area contributed by atoms with Crippen LogP contribution in [0, 0.1) is 0 Å². The van der Waals surface area contributed by atoms with E-state index in [-0.39, 0.29) is 6.04 Å². The van der Waals surface area contributed by atoms with Crippen molar-refractivity contribution in [2.24, 2.45) is 0 Å². The minimum Gasteiger partial charge on any atom is -0.362 e. The summed E-state index contributed by atoms with van der Waals surface area (Å²) in [6.07, 6.45) is 0. The zero-order valence-electron chi connectivity index (χ0n) is 10.5. The van der Waals surface area contributed by atoms with E-state index in [9.17, 15) is 0 Å². The number of tetrazole rings is 1. The molecule has 0 bridgehead atoms. The van der Waals surface area contributed by atoms with Crippen LogP contribution in [0.1, 0.15) is 18.5 Å². The maximum absolute atomic E-state index is 6.02. The molecule has 0 spiro atoms. The van der Waals surface area contributed by atoms with Crippen molar-refractivity contribution in [1.82, 2.24) is 25.3 Å². The Kier molecular flexibility index (Phi) is 3.42. The molecule has 1 atom stereocenters. The van der Waals surface area contributed by atoms with E-state index in [0.29, 0.717) is 21.5 Å². The molecule has 0 aliphatic rings. The number of hydrogen-bond acceptors (Lipinski definition) is 5. The lowest BCUT2D eigenvalue weighted by molar-refractivity contribution is 0.728. The Labute approximate surface area is 124 Å². The highest BCUT2D eigenvalue weighted by Crippen LogP contribution is 2.26. The number of anilines is 1. The van der Waals surface area contributed by atoms with Crippen molar-refractivity contribution in [2.45, 2.75) is 13.0 Å². The van der Waals surface area contributed by atoms with Crippen molar-refractivity contribution < 1.29 is 0 Å². The summed E-state index contributed by atoms with van der Waals surface area (Å²) in [7, 11) is 0. The molecule has 0 fully saturated rings. The molecule has 20 heavy (non-hydrogen) atoms. The van der Waals surface area contributed by atoms with E-state index in [1.54, 1.807) is 12.1 Å². The molecule has 3 rings (SSSR count). The van der Waals surface area contributed by atoms with Crippen LogP contribution in [-0.2, 0) is 0 Å². The molecule has 102 valence electrons. The lowest BCUT2D eigenvalue weighted by Crippen LogP contribution is -2.09. The van der Waals surface area contributed by atoms with Gasteiger partial charge in [0.2, 0.25) is 0 Å². The zero-order valence-corrected chi connectivity index (χ0v) is 12.0. The fourth-order valence-electron chi connectivity index (χ4n) is 1.81. The molecule has 8 heteroatoms. The van der Waals surface area contributed by atoms with Gasteiger partial charge < -0.3 is 5.32 Å². The molecule has 0 aliphatic heterocycles. The van der Waals surface area contributed by atoms with Gasteiger partial charge in [0.15, 0.2) is 5.65 Å². The summed E-state index contributed by atoms with van der Waals surface area (Å²) in [5, 5.41) is 19.7. The van der Waals surface area contributed by atoms with Gasteiger partial charge in [-0.3, -0.25) is 0 Å². The second-order valence-corrected chi connectivity index (χ2v) is 5.10. The van der Waals surface area contributed by atoms with Gasteiger partial charge in [0.05, 0.1) is 16.1 Å². The first-order valence-electron chi connectivity index (χ1n) is 5.90. The van der Waals surface area contributed by atoms with Gasteiger partial charge in [-0.15, -0.1) is 14.8 Å².